The molecule has 8 heteroatoms. The van der Waals surface area contributed by atoms with Gasteiger partial charge < -0.3 is 9.80 Å². The predicted molar refractivity (Wildman–Crippen MR) is 116 cm³/mol. The van der Waals surface area contributed by atoms with Crippen LogP contribution in [0.25, 0.3) is 6.08 Å². The minimum Gasteiger partial charge on any atom is -0.372 e. The standard InChI is InChI=1S/C20H24N6OS/c1-3-24(4-2)15-9-7-14(8-10-15)13-16-17(21)26-19(22-18(16)27)28-20(23-26)25-11-5-6-12-25/h7-10,13,21H,3-6,11-12H2,1-2H3/b16-13+,21-17?. The molecule has 7 nitrogen and oxygen atoms in total. The van der Waals surface area contributed by atoms with Crippen LogP contribution in [0.4, 0.5) is 5.69 Å². The second kappa shape index (κ2) is 7.79. The molecule has 0 radical (unpaired) electrons. The Balaban J connectivity index is 1.57. The third-order valence-corrected chi connectivity index (χ3v) is 6.12. The molecule has 0 unspecified atom stereocenters. The van der Waals surface area contributed by atoms with Gasteiger partial charge in [0.1, 0.15) is 0 Å². The van der Waals surface area contributed by atoms with Crippen molar-refractivity contribution in [2.75, 3.05) is 31.1 Å². The number of aliphatic imine (C=N–C) groups is 1. The third-order valence-electron chi connectivity index (χ3n) is 5.15. The molecule has 3 aliphatic heterocycles. The Bertz CT molecular complexity index is 878. The molecule has 4 rings (SSSR count). The minimum atomic E-state index is -0.380. The van der Waals surface area contributed by atoms with Crippen molar-refractivity contribution >= 4 is 45.6 Å². The molecule has 1 N–H and O–H groups in total. The van der Waals surface area contributed by atoms with E-state index >= 15 is 0 Å². The fourth-order valence-corrected chi connectivity index (χ4v) is 4.50. The summed E-state index contributed by atoms with van der Waals surface area (Å²) < 4.78 is 0. The Morgan fingerprint density at radius 3 is 2.46 bits per heavy atom. The van der Waals surface area contributed by atoms with E-state index in [-0.39, 0.29) is 17.3 Å². The molecule has 0 aliphatic carbocycles. The van der Waals surface area contributed by atoms with Gasteiger partial charge in [0.2, 0.25) is 5.17 Å². The lowest BCUT2D eigenvalue weighted by atomic mass is 10.1. The third kappa shape index (κ3) is 3.44. The molecule has 0 aromatic heterocycles. The zero-order valence-corrected chi connectivity index (χ0v) is 17.0. The number of carbonyl (C=O) groups excluding carboxylic acids is 1. The molecule has 0 saturated carbocycles. The molecule has 3 aliphatic rings. The number of carbonyl (C=O) groups is 1. The largest absolute Gasteiger partial charge is 0.372 e. The summed E-state index contributed by atoms with van der Waals surface area (Å²) in [7, 11) is 0. The van der Waals surface area contributed by atoms with Gasteiger partial charge in [-0.05, 0) is 62.2 Å². The van der Waals surface area contributed by atoms with Gasteiger partial charge in [-0.2, -0.15) is 10.0 Å². The summed E-state index contributed by atoms with van der Waals surface area (Å²) in [5.74, 6) is -0.293. The molecular weight excluding hydrogens is 372 g/mol. The Kier molecular flexibility index (Phi) is 5.21. The highest BCUT2D eigenvalue weighted by atomic mass is 32.2. The van der Waals surface area contributed by atoms with E-state index in [9.17, 15) is 4.79 Å². The number of thioether (sulfide) groups is 1. The number of anilines is 1. The lowest BCUT2D eigenvalue weighted by Gasteiger charge is -2.21. The topological polar surface area (TPSA) is 75.4 Å². The summed E-state index contributed by atoms with van der Waals surface area (Å²) in [6.45, 7) is 8.08. The van der Waals surface area contributed by atoms with Crippen LogP contribution < -0.4 is 4.90 Å². The van der Waals surface area contributed by atoms with E-state index < -0.39 is 0 Å². The first-order chi connectivity index (χ1) is 13.6. The van der Waals surface area contributed by atoms with Crippen molar-refractivity contribution in [3.8, 4) is 0 Å². The number of hydrogen-bond donors (Lipinski definition) is 1. The van der Waals surface area contributed by atoms with Crippen LogP contribution in [0.5, 0.6) is 0 Å². The molecule has 28 heavy (non-hydrogen) atoms. The van der Waals surface area contributed by atoms with Crippen molar-refractivity contribution in [3.63, 3.8) is 0 Å². The van der Waals surface area contributed by atoms with E-state index in [4.69, 9.17) is 5.41 Å². The van der Waals surface area contributed by atoms with Crippen molar-refractivity contribution < 1.29 is 4.79 Å². The zero-order valence-electron chi connectivity index (χ0n) is 16.2. The van der Waals surface area contributed by atoms with Gasteiger partial charge in [-0.25, -0.2) is 0 Å². The Hall–Kier alpha value is -2.61. The van der Waals surface area contributed by atoms with Crippen molar-refractivity contribution in [1.29, 1.82) is 5.41 Å². The van der Waals surface area contributed by atoms with Crippen LogP contribution in [-0.4, -0.2) is 58.2 Å². The van der Waals surface area contributed by atoms with Gasteiger partial charge in [-0.3, -0.25) is 10.2 Å². The lowest BCUT2D eigenvalue weighted by Crippen LogP contribution is -2.35. The zero-order chi connectivity index (χ0) is 19.7. The first-order valence-electron chi connectivity index (χ1n) is 9.71. The highest BCUT2D eigenvalue weighted by Crippen LogP contribution is 2.31. The number of nitrogens with zero attached hydrogens (tertiary/aromatic N) is 5. The first-order valence-corrected chi connectivity index (χ1v) is 10.5. The number of benzene rings is 1. The van der Waals surface area contributed by atoms with E-state index in [1.54, 1.807) is 6.08 Å². The molecule has 1 saturated heterocycles. The molecule has 0 atom stereocenters. The van der Waals surface area contributed by atoms with Crippen LogP contribution in [0, 0.1) is 5.41 Å². The maximum Gasteiger partial charge on any atom is 0.283 e. The smallest absolute Gasteiger partial charge is 0.283 e. The van der Waals surface area contributed by atoms with E-state index in [1.807, 2.05) is 24.3 Å². The van der Waals surface area contributed by atoms with Crippen LogP contribution in [0.15, 0.2) is 39.9 Å². The second-order valence-electron chi connectivity index (χ2n) is 6.86. The first kappa shape index (κ1) is 18.7. The molecule has 0 bridgehead atoms. The highest BCUT2D eigenvalue weighted by molar-refractivity contribution is 8.26. The highest BCUT2D eigenvalue weighted by Gasteiger charge is 2.37. The van der Waals surface area contributed by atoms with Crippen LogP contribution in [0.2, 0.25) is 0 Å². The predicted octanol–water partition coefficient (Wildman–Crippen LogP) is 3.21. The Morgan fingerprint density at radius 2 is 1.82 bits per heavy atom. The number of hydrazone groups is 1. The summed E-state index contributed by atoms with van der Waals surface area (Å²) in [5.41, 5.74) is 2.29. The molecule has 1 aromatic rings. The number of likely N-dealkylation sites (tertiary alicyclic amines) is 1. The van der Waals surface area contributed by atoms with Crippen LogP contribution in [0.3, 0.4) is 0 Å². The monoisotopic (exact) mass is 396 g/mol. The van der Waals surface area contributed by atoms with E-state index in [2.05, 4.69) is 33.7 Å². The minimum absolute atomic E-state index is 0.0875. The SMILES string of the molecule is CCN(CC)c1ccc(/C=C2\C(=N)N3N=C(N4CCCC4)SC3=NC2=O)cc1. The number of fused-ring (bicyclic) bond motifs is 1. The summed E-state index contributed by atoms with van der Waals surface area (Å²) >= 11 is 1.38. The Morgan fingerprint density at radius 1 is 1.14 bits per heavy atom. The molecule has 1 fully saturated rings. The Labute approximate surface area is 169 Å². The second-order valence-corrected chi connectivity index (χ2v) is 7.79. The van der Waals surface area contributed by atoms with Crippen molar-refractivity contribution in [2.45, 2.75) is 26.7 Å². The van der Waals surface area contributed by atoms with Gasteiger partial charge in [-0.1, -0.05) is 12.1 Å². The molecule has 146 valence electrons. The maximum atomic E-state index is 12.5. The van der Waals surface area contributed by atoms with Crippen LogP contribution in [0.1, 0.15) is 32.3 Å². The van der Waals surface area contributed by atoms with Gasteiger partial charge in [0.15, 0.2) is 11.0 Å². The number of amidine groups is 3. The molecular formula is C20H24N6OS. The quantitative estimate of drug-likeness (QED) is 0.791. The molecule has 0 spiro atoms. The average molecular weight is 397 g/mol. The number of nitrogens with one attached hydrogen (secondary N) is 1. The van der Waals surface area contributed by atoms with Gasteiger partial charge in [-0.15, -0.1) is 5.10 Å². The number of hydrogen-bond acceptors (Lipinski definition) is 6. The van der Waals surface area contributed by atoms with Crippen molar-refractivity contribution in [2.24, 2.45) is 10.1 Å². The molecule has 1 aromatic carbocycles. The summed E-state index contributed by atoms with van der Waals surface area (Å²) in [4.78, 5) is 21.2. The summed E-state index contributed by atoms with van der Waals surface area (Å²) in [6, 6.07) is 8.02. The summed E-state index contributed by atoms with van der Waals surface area (Å²) in [5, 5.41) is 15.8. The lowest BCUT2D eigenvalue weighted by molar-refractivity contribution is -0.114. The van der Waals surface area contributed by atoms with Gasteiger partial charge in [0.25, 0.3) is 5.91 Å². The number of amides is 1. The van der Waals surface area contributed by atoms with Crippen LogP contribution in [-0.2, 0) is 4.79 Å². The van der Waals surface area contributed by atoms with Gasteiger partial charge >= 0.3 is 0 Å². The van der Waals surface area contributed by atoms with Crippen LogP contribution >= 0.6 is 11.8 Å². The number of rotatable bonds is 4. The van der Waals surface area contributed by atoms with Gasteiger partial charge in [0, 0.05) is 31.9 Å². The average Bonchev–Trinajstić information content (AvgIpc) is 3.37. The molecule has 1 amide bonds. The maximum absolute atomic E-state index is 12.5. The van der Waals surface area contributed by atoms with E-state index in [0.717, 1.165) is 55.4 Å². The van der Waals surface area contributed by atoms with Gasteiger partial charge in [0.05, 0.1) is 5.57 Å². The fourth-order valence-electron chi connectivity index (χ4n) is 3.56. The van der Waals surface area contributed by atoms with E-state index in [1.165, 1.54) is 16.8 Å². The van der Waals surface area contributed by atoms with Crippen molar-refractivity contribution in [1.82, 2.24) is 9.91 Å². The van der Waals surface area contributed by atoms with E-state index in [0.29, 0.717) is 5.17 Å². The fraction of sp³-hybridized carbons (Fsp3) is 0.400. The summed E-state index contributed by atoms with van der Waals surface area (Å²) in [6.07, 6.45) is 4.03. The molecule has 3 heterocycles. The van der Waals surface area contributed by atoms with Crippen molar-refractivity contribution in [3.05, 3.63) is 35.4 Å². The normalized spacial score (nSPS) is 20.6.